The van der Waals surface area contributed by atoms with Crippen molar-refractivity contribution in [2.45, 2.75) is 42.5 Å². The molecule has 0 spiro atoms. The van der Waals surface area contributed by atoms with Gasteiger partial charge in [-0.25, -0.2) is 8.42 Å². The van der Waals surface area contributed by atoms with Crippen LogP contribution in [0.4, 0.5) is 0 Å². The van der Waals surface area contributed by atoms with Gasteiger partial charge in [0.05, 0.1) is 21.0 Å². The van der Waals surface area contributed by atoms with Crippen molar-refractivity contribution >= 4 is 20.8 Å². The monoisotopic (exact) mass is 356 g/mol. The lowest BCUT2D eigenvalue weighted by Gasteiger charge is -2.29. The van der Waals surface area contributed by atoms with E-state index in [1.165, 1.54) is 5.56 Å². The zero-order valence-electron chi connectivity index (χ0n) is 14.5. The van der Waals surface area contributed by atoms with Gasteiger partial charge in [-0.15, -0.1) is 0 Å². The van der Waals surface area contributed by atoms with Crippen molar-refractivity contribution in [3.05, 3.63) is 53.5 Å². The quantitative estimate of drug-likeness (QED) is 0.762. The van der Waals surface area contributed by atoms with Crippen LogP contribution in [0.5, 0.6) is 0 Å². The number of aromatic nitrogens is 1. The van der Waals surface area contributed by atoms with Gasteiger partial charge in [-0.05, 0) is 51.5 Å². The Labute approximate surface area is 147 Å². The Balaban J connectivity index is 1.90. The van der Waals surface area contributed by atoms with Gasteiger partial charge in [0.25, 0.3) is 0 Å². The number of fused-ring (bicyclic) bond motifs is 3. The van der Waals surface area contributed by atoms with E-state index in [4.69, 9.17) is 4.42 Å². The second kappa shape index (κ2) is 5.41. The molecule has 0 bridgehead atoms. The molecule has 0 radical (unpaired) electrons. The Morgan fingerprint density at radius 2 is 2.04 bits per heavy atom. The Hall–Kier alpha value is -2.18. The lowest BCUT2D eigenvalue weighted by Crippen LogP contribution is -2.41. The predicted octanol–water partition coefficient (Wildman–Crippen LogP) is 3.35. The van der Waals surface area contributed by atoms with Gasteiger partial charge in [-0.3, -0.25) is 4.98 Å². The van der Waals surface area contributed by atoms with E-state index in [9.17, 15) is 8.42 Å². The average molecular weight is 356 g/mol. The van der Waals surface area contributed by atoms with E-state index in [1.54, 1.807) is 37.4 Å². The van der Waals surface area contributed by atoms with Crippen LogP contribution in [0.2, 0.25) is 0 Å². The minimum atomic E-state index is -3.63. The molecule has 0 amide bonds. The Bertz CT molecular complexity index is 1080. The van der Waals surface area contributed by atoms with Crippen molar-refractivity contribution in [3.63, 3.8) is 0 Å². The van der Waals surface area contributed by atoms with Crippen LogP contribution in [-0.2, 0) is 21.8 Å². The van der Waals surface area contributed by atoms with Gasteiger partial charge in [0.2, 0.25) is 9.84 Å². The summed E-state index contributed by atoms with van der Waals surface area (Å²) in [5, 5.41) is 4.43. The van der Waals surface area contributed by atoms with Crippen molar-refractivity contribution in [3.8, 4) is 0 Å². The molecular weight excluding hydrogens is 336 g/mol. The molecule has 25 heavy (non-hydrogen) atoms. The first-order valence-electron chi connectivity index (χ1n) is 8.28. The van der Waals surface area contributed by atoms with Crippen LogP contribution in [0.3, 0.4) is 0 Å². The van der Waals surface area contributed by atoms with E-state index in [0.717, 1.165) is 24.1 Å². The highest BCUT2D eigenvalue weighted by molar-refractivity contribution is 7.91. The van der Waals surface area contributed by atoms with E-state index in [0.29, 0.717) is 11.3 Å². The molecule has 6 heteroatoms. The SMILES string of the molecule is Cc1ncccc1S(=O)(=O)c1ccc2c3c(oc2c1)C(C)(C)NCC3. The lowest BCUT2D eigenvalue weighted by atomic mass is 9.91. The first-order chi connectivity index (χ1) is 11.8. The van der Waals surface area contributed by atoms with Crippen LogP contribution in [0.1, 0.15) is 30.9 Å². The second-order valence-electron chi connectivity index (χ2n) is 6.96. The van der Waals surface area contributed by atoms with E-state index in [2.05, 4.69) is 24.1 Å². The van der Waals surface area contributed by atoms with E-state index < -0.39 is 9.84 Å². The summed E-state index contributed by atoms with van der Waals surface area (Å²) >= 11 is 0. The number of hydrogen-bond donors (Lipinski definition) is 1. The molecule has 1 aliphatic heterocycles. The molecule has 1 aliphatic rings. The smallest absolute Gasteiger partial charge is 0.208 e. The van der Waals surface area contributed by atoms with Crippen molar-refractivity contribution < 1.29 is 12.8 Å². The summed E-state index contributed by atoms with van der Waals surface area (Å²) in [5.74, 6) is 0.890. The molecule has 0 saturated heterocycles. The molecule has 4 rings (SSSR count). The van der Waals surface area contributed by atoms with Gasteiger partial charge in [0.1, 0.15) is 11.3 Å². The maximum atomic E-state index is 13.0. The number of pyridine rings is 1. The molecule has 3 aromatic rings. The third-order valence-electron chi connectivity index (χ3n) is 4.83. The number of hydrogen-bond acceptors (Lipinski definition) is 5. The minimum Gasteiger partial charge on any atom is -0.459 e. The highest BCUT2D eigenvalue weighted by atomic mass is 32.2. The molecule has 0 saturated carbocycles. The number of furan rings is 1. The van der Waals surface area contributed by atoms with Crippen molar-refractivity contribution in [1.82, 2.24) is 10.3 Å². The molecule has 0 aliphatic carbocycles. The molecule has 3 heterocycles. The topological polar surface area (TPSA) is 72.2 Å². The molecule has 0 atom stereocenters. The van der Waals surface area contributed by atoms with Crippen molar-refractivity contribution in [2.75, 3.05) is 6.54 Å². The predicted molar refractivity (Wildman–Crippen MR) is 95.4 cm³/mol. The third-order valence-corrected chi connectivity index (χ3v) is 6.72. The molecule has 1 aromatic carbocycles. The zero-order chi connectivity index (χ0) is 17.8. The average Bonchev–Trinajstić information content (AvgIpc) is 2.94. The number of nitrogens with zero attached hydrogens (tertiary/aromatic N) is 1. The van der Waals surface area contributed by atoms with Crippen LogP contribution in [0.15, 0.2) is 50.7 Å². The zero-order valence-corrected chi connectivity index (χ0v) is 15.3. The summed E-state index contributed by atoms with van der Waals surface area (Å²) in [6.07, 6.45) is 2.47. The Morgan fingerprint density at radius 3 is 2.80 bits per heavy atom. The highest BCUT2D eigenvalue weighted by Gasteiger charge is 2.33. The molecule has 1 N–H and O–H groups in total. The Kier molecular flexibility index (Phi) is 3.53. The van der Waals surface area contributed by atoms with Gasteiger partial charge in [-0.2, -0.15) is 0 Å². The summed E-state index contributed by atoms with van der Waals surface area (Å²) in [6.45, 7) is 6.73. The van der Waals surface area contributed by atoms with E-state index in [1.807, 2.05) is 6.07 Å². The fraction of sp³-hybridized carbons (Fsp3) is 0.316. The number of rotatable bonds is 2. The van der Waals surface area contributed by atoms with Gasteiger partial charge in [0, 0.05) is 29.8 Å². The van der Waals surface area contributed by atoms with Crippen LogP contribution in [0, 0.1) is 6.92 Å². The second-order valence-corrected chi connectivity index (χ2v) is 8.88. The molecule has 0 unspecified atom stereocenters. The summed E-state index contributed by atoms with van der Waals surface area (Å²) < 4.78 is 32.0. The standard InChI is InChI=1S/C19H20N2O3S/c1-12-17(5-4-9-20-12)25(22,23)13-6-7-14-15-8-10-21-19(2,3)18(15)24-16(14)11-13/h4-7,9,11,21H,8,10H2,1-3H3. The van der Waals surface area contributed by atoms with Crippen LogP contribution in [-0.4, -0.2) is 19.9 Å². The number of aryl methyl sites for hydroxylation is 1. The van der Waals surface area contributed by atoms with Crippen molar-refractivity contribution in [1.29, 1.82) is 0 Å². The molecule has 5 nitrogen and oxygen atoms in total. The van der Waals surface area contributed by atoms with Crippen LogP contribution in [0.25, 0.3) is 11.0 Å². The van der Waals surface area contributed by atoms with Crippen LogP contribution >= 0.6 is 0 Å². The van der Waals surface area contributed by atoms with Gasteiger partial charge in [0.15, 0.2) is 0 Å². The maximum absolute atomic E-state index is 13.0. The summed E-state index contributed by atoms with van der Waals surface area (Å²) in [7, 11) is -3.63. The lowest BCUT2D eigenvalue weighted by molar-refractivity contribution is 0.310. The molecule has 2 aromatic heterocycles. The summed E-state index contributed by atoms with van der Waals surface area (Å²) in [4.78, 5) is 4.55. The first kappa shape index (κ1) is 16.3. The molecular formula is C19H20N2O3S. The molecule has 130 valence electrons. The molecule has 0 fully saturated rings. The van der Waals surface area contributed by atoms with Crippen LogP contribution < -0.4 is 5.32 Å². The normalized spacial score (nSPS) is 16.8. The van der Waals surface area contributed by atoms with Gasteiger partial charge < -0.3 is 9.73 Å². The largest absolute Gasteiger partial charge is 0.459 e. The van der Waals surface area contributed by atoms with E-state index in [-0.39, 0.29) is 15.3 Å². The third kappa shape index (κ3) is 2.48. The number of nitrogens with one attached hydrogen (secondary N) is 1. The Morgan fingerprint density at radius 1 is 1.24 bits per heavy atom. The number of benzene rings is 1. The summed E-state index contributed by atoms with van der Waals surface area (Å²) in [6, 6.07) is 8.37. The summed E-state index contributed by atoms with van der Waals surface area (Å²) in [5.41, 5.74) is 2.02. The minimum absolute atomic E-state index is 0.229. The van der Waals surface area contributed by atoms with Gasteiger partial charge in [-0.1, -0.05) is 0 Å². The fourth-order valence-electron chi connectivity index (χ4n) is 3.51. The van der Waals surface area contributed by atoms with E-state index >= 15 is 0 Å². The first-order valence-corrected chi connectivity index (χ1v) is 9.77. The van der Waals surface area contributed by atoms with Crippen molar-refractivity contribution in [2.24, 2.45) is 0 Å². The maximum Gasteiger partial charge on any atom is 0.208 e. The highest BCUT2D eigenvalue weighted by Crippen LogP contribution is 2.37. The fourth-order valence-corrected chi connectivity index (χ4v) is 4.97. The number of sulfone groups is 1. The van der Waals surface area contributed by atoms with Gasteiger partial charge >= 0.3 is 0 Å².